The summed E-state index contributed by atoms with van der Waals surface area (Å²) < 4.78 is 0. The van der Waals surface area contributed by atoms with E-state index in [0.717, 1.165) is 36.5 Å². The number of hydrogen-bond donors (Lipinski definition) is 1. The molecule has 1 saturated heterocycles. The van der Waals surface area contributed by atoms with Crippen molar-refractivity contribution in [1.82, 2.24) is 0 Å². The molecule has 0 bridgehead atoms. The lowest BCUT2D eigenvalue weighted by Gasteiger charge is -2.32. The third-order valence-electron chi connectivity index (χ3n) is 3.06. The number of rotatable bonds is 1. The van der Waals surface area contributed by atoms with Gasteiger partial charge in [0.25, 0.3) is 0 Å². The predicted octanol–water partition coefficient (Wildman–Crippen LogP) is 2.58. The number of aryl methyl sites for hydroxylation is 1. The molecule has 0 aromatic heterocycles. The van der Waals surface area contributed by atoms with Crippen molar-refractivity contribution in [2.24, 2.45) is 5.73 Å². The van der Waals surface area contributed by atoms with E-state index in [1.165, 1.54) is 5.69 Å². The van der Waals surface area contributed by atoms with Crippen molar-refractivity contribution in [3.8, 4) is 0 Å². The van der Waals surface area contributed by atoms with Gasteiger partial charge in [0.1, 0.15) is 0 Å². The zero-order chi connectivity index (χ0) is 10.8. The van der Waals surface area contributed by atoms with Crippen LogP contribution in [-0.2, 0) is 0 Å². The second-order valence-electron chi connectivity index (χ2n) is 4.26. The Bertz CT molecular complexity index is 343. The van der Waals surface area contributed by atoms with Gasteiger partial charge in [-0.2, -0.15) is 0 Å². The summed E-state index contributed by atoms with van der Waals surface area (Å²) >= 11 is 6.11. The lowest BCUT2D eigenvalue weighted by molar-refractivity contribution is 0.501. The molecule has 0 aliphatic carbocycles. The summed E-state index contributed by atoms with van der Waals surface area (Å²) in [5.74, 6) is 0. The van der Waals surface area contributed by atoms with Gasteiger partial charge in [0.05, 0.1) is 0 Å². The number of nitrogens with two attached hydrogens (primary N) is 1. The largest absolute Gasteiger partial charge is 0.371 e. The highest BCUT2D eigenvalue weighted by Gasteiger charge is 2.16. The van der Waals surface area contributed by atoms with Crippen molar-refractivity contribution in [2.45, 2.75) is 25.8 Å². The first kappa shape index (κ1) is 10.8. The van der Waals surface area contributed by atoms with E-state index in [9.17, 15) is 0 Å². The molecule has 0 saturated carbocycles. The highest BCUT2D eigenvalue weighted by molar-refractivity contribution is 6.31. The van der Waals surface area contributed by atoms with Gasteiger partial charge in [-0.1, -0.05) is 17.7 Å². The van der Waals surface area contributed by atoms with Gasteiger partial charge in [-0.15, -0.1) is 0 Å². The van der Waals surface area contributed by atoms with Crippen LogP contribution in [0.3, 0.4) is 0 Å². The van der Waals surface area contributed by atoms with Crippen molar-refractivity contribution in [2.75, 3.05) is 18.0 Å². The van der Waals surface area contributed by atoms with Crippen LogP contribution in [0.25, 0.3) is 0 Å². The van der Waals surface area contributed by atoms with Crippen LogP contribution in [0, 0.1) is 6.92 Å². The van der Waals surface area contributed by atoms with Crippen LogP contribution in [0.5, 0.6) is 0 Å². The Morgan fingerprint density at radius 1 is 1.33 bits per heavy atom. The molecule has 82 valence electrons. The summed E-state index contributed by atoms with van der Waals surface area (Å²) in [5.41, 5.74) is 8.23. The molecule has 2 rings (SSSR count). The maximum atomic E-state index is 6.11. The summed E-state index contributed by atoms with van der Waals surface area (Å²) in [6, 6.07) is 6.64. The van der Waals surface area contributed by atoms with E-state index < -0.39 is 0 Å². The van der Waals surface area contributed by atoms with E-state index in [0.29, 0.717) is 6.04 Å². The first-order valence-electron chi connectivity index (χ1n) is 5.43. The van der Waals surface area contributed by atoms with Crippen LogP contribution in [0.4, 0.5) is 5.69 Å². The summed E-state index contributed by atoms with van der Waals surface area (Å²) in [4.78, 5) is 2.36. The van der Waals surface area contributed by atoms with Crippen molar-refractivity contribution < 1.29 is 0 Å². The van der Waals surface area contributed by atoms with Gasteiger partial charge in [0.15, 0.2) is 0 Å². The van der Waals surface area contributed by atoms with Gasteiger partial charge in [-0.3, -0.25) is 0 Å². The molecule has 0 radical (unpaired) electrons. The molecule has 1 aromatic carbocycles. The highest BCUT2D eigenvalue weighted by Crippen LogP contribution is 2.25. The van der Waals surface area contributed by atoms with Gasteiger partial charge in [0.2, 0.25) is 0 Å². The molecule has 1 fully saturated rings. The third-order valence-corrected chi connectivity index (χ3v) is 3.47. The Hall–Kier alpha value is -0.730. The lowest BCUT2D eigenvalue weighted by Crippen LogP contribution is -2.39. The molecule has 0 spiro atoms. The summed E-state index contributed by atoms with van der Waals surface area (Å²) in [6.07, 6.45) is 2.15. The van der Waals surface area contributed by atoms with E-state index >= 15 is 0 Å². The third kappa shape index (κ3) is 2.44. The van der Waals surface area contributed by atoms with Gasteiger partial charge >= 0.3 is 0 Å². The smallest absolute Gasteiger partial charge is 0.0455 e. The molecule has 2 N–H and O–H groups in total. The molecule has 3 heteroatoms. The average molecular weight is 225 g/mol. The second-order valence-corrected chi connectivity index (χ2v) is 4.67. The Labute approximate surface area is 96.0 Å². The molecule has 1 aliphatic rings. The van der Waals surface area contributed by atoms with E-state index in [1.807, 2.05) is 13.0 Å². The average Bonchev–Trinajstić information content (AvgIpc) is 2.23. The summed E-state index contributed by atoms with van der Waals surface area (Å²) in [5, 5.41) is 0.849. The van der Waals surface area contributed by atoms with Crippen LogP contribution in [0.1, 0.15) is 18.4 Å². The van der Waals surface area contributed by atoms with Crippen molar-refractivity contribution in [3.05, 3.63) is 28.8 Å². The van der Waals surface area contributed by atoms with E-state index in [2.05, 4.69) is 17.0 Å². The van der Waals surface area contributed by atoms with Crippen molar-refractivity contribution in [3.63, 3.8) is 0 Å². The minimum Gasteiger partial charge on any atom is -0.371 e. The molecule has 1 heterocycles. The topological polar surface area (TPSA) is 29.3 Å². The predicted molar refractivity (Wildman–Crippen MR) is 65.6 cm³/mol. The standard InChI is InChI=1S/C12H17ClN2/c1-9-2-3-11(8-12(9)13)15-6-4-10(14)5-7-15/h2-3,8,10H,4-7,14H2,1H3. The van der Waals surface area contributed by atoms with E-state index in [1.54, 1.807) is 0 Å². The highest BCUT2D eigenvalue weighted by atomic mass is 35.5. The molecule has 15 heavy (non-hydrogen) atoms. The fourth-order valence-electron chi connectivity index (χ4n) is 1.94. The molecular weight excluding hydrogens is 208 g/mol. The first-order chi connectivity index (χ1) is 7.16. The number of hydrogen-bond acceptors (Lipinski definition) is 2. The summed E-state index contributed by atoms with van der Waals surface area (Å²) in [6.45, 7) is 4.11. The molecule has 1 aromatic rings. The van der Waals surface area contributed by atoms with Crippen molar-refractivity contribution in [1.29, 1.82) is 0 Å². The Morgan fingerprint density at radius 2 is 2.00 bits per heavy atom. The van der Waals surface area contributed by atoms with Gasteiger partial charge < -0.3 is 10.6 Å². The maximum Gasteiger partial charge on any atom is 0.0455 e. The monoisotopic (exact) mass is 224 g/mol. The SMILES string of the molecule is Cc1ccc(N2CCC(N)CC2)cc1Cl. The first-order valence-corrected chi connectivity index (χ1v) is 5.81. The molecule has 1 aliphatic heterocycles. The number of benzene rings is 1. The lowest BCUT2D eigenvalue weighted by atomic mass is 10.1. The van der Waals surface area contributed by atoms with Crippen molar-refractivity contribution >= 4 is 17.3 Å². The van der Waals surface area contributed by atoms with E-state index in [4.69, 9.17) is 17.3 Å². The maximum absolute atomic E-state index is 6.11. The van der Waals surface area contributed by atoms with Gasteiger partial charge in [0, 0.05) is 29.8 Å². The number of halogens is 1. The van der Waals surface area contributed by atoms with Gasteiger partial charge in [-0.05, 0) is 37.5 Å². The zero-order valence-electron chi connectivity index (χ0n) is 9.04. The molecule has 0 atom stereocenters. The van der Waals surface area contributed by atoms with Crippen LogP contribution >= 0.6 is 11.6 Å². The number of piperidine rings is 1. The normalized spacial score (nSPS) is 18.2. The van der Waals surface area contributed by atoms with Crippen LogP contribution in [-0.4, -0.2) is 19.1 Å². The summed E-state index contributed by atoms with van der Waals surface area (Å²) in [7, 11) is 0. The van der Waals surface area contributed by atoms with Crippen LogP contribution < -0.4 is 10.6 Å². The fourth-order valence-corrected chi connectivity index (χ4v) is 2.11. The Morgan fingerprint density at radius 3 is 2.60 bits per heavy atom. The second kappa shape index (κ2) is 4.42. The Balaban J connectivity index is 2.12. The quantitative estimate of drug-likeness (QED) is 0.795. The van der Waals surface area contributed by atoms with Gasteiger partial charge in [-0.25, -0.2) is 0 Å². The number of nitrogens with zero attached hydrogens (tertiary/aromatic N) is 1. The number of anilines is 1. The van der Waals surface area contributed by atoms with Crippen LogP contribution in [0.2, 0.25) is 5.02 Å². The molecule has 0 amide bonds. The minimum absolute atomic E-state index is 0.377. The van der Waals surface area contributed by atoms with Crippen LogP contribution in [0.15, 0.2) is 18.2 Å². The zero-order valence-corrected chi connectivity index (χ0v) is 9.80. The fraction of sp³-hybridized carbons (Fsp3) is 0.500. The molecular formula is C12H17ClN2. The Kier molecular flexibility index (Phi) is 3.17. The van der Waals surface area contributed by atoms with E-state index in [-0.39, 0.29) is 0 Å². The molecule has 0 unspecified atom stereocenters. The minimum atomic E-state index is 0.377. The molecule has 2 nitrogen and oxygen atoms in total.